The Morgan fingerprint density at radius 1 is 1.62 bits per heavy atom. The number of aryl methyl sites for hydroxylation is 1. The van der Waals surface area contributed by atoms with Crippen LogP contribution in [0.2, 0.25) is 0 Å². The van der Waals surface area contributed by atoms with Crippen LogP contribution >= 0.6 is 0 Å². The van der Waals surface area contributed by atoms with Crippen molar-refractivity contribution in [1.29, 1.82) is 0 Å². The van der Waals surface area contributed by atoms with Crippen LogP contribution in [0.25, 0.3) is 0 Å². The number of nitrogens with two attached hydrogens (primary N) is 1. The first kappa shape index (κ1) is 7.93. The Bertz CT molecular complexity index is 379. The van der Waals surface area contributed by atoms with Gasteiger partial charge in [-0.3, -0.25) is 4.68 Å². The molecule has 6 nitrogen and oxygen atoms in total. The van der Waals surface area contributed by atoms with Gasteiger partial charge in [-0.25, -0.2) is 0 Å². The molecule has 68 valence electrons. The lowest BCUT2D eigenvalue weighted by Crippen LogP contribution is -2.12. The predicted octanol–water partition coefficient (Wildman–Crippen LogP) is -0.149. The summed E-state index contributed by atoms with van der Waals surface area (Å²) in [5, 5.41) is 7.65. The first-order valence-electron chi connectivity index (χ1n) is 3.78. The highest BCUT2D eigenvalue weighted by molar-refractivity contribution is 5.16. The topological polar surface area (TPSA) is 82.8 Å². The standard InChI is InChI=1S/C7H9N5O/c1-12-3-5(2-10-12)6(8)7-9-4-13-11-7/h2-4,6H,8H2,1H3. The highest BCUT2D eigenvalue weighted by atomic mass is 16.5. The molecule has 0 aliphatic carbocycles. The summed E-state index contributed by atoms with van der Waals surface area (Å²) in [6.07, 6.45) is 4.76. The Labute approximate surface area is 74.4 Å². The van der Waals surface area contributed by atoms with Crippen LogP contribution in [0.3, 0.4) is 0 Å². The maximum atomic E-state index is 5.84. The lowest BCUT2D eigenvalue weighted by Gasteiger charge is -2.01. The SMILES string of the molecule is Cn1cc(C(N)c2ncon2)cn1. The molecular formula is C7H9N5O. The first-order chi connectivity index (χ1) is 6.27. The summed E-state index contributed by atoms with van der Waals surface area (Å²) in [5.41, 5.74) is 6.70. The van der Waals surface area contributed by atoms with E-state index in [4.69, 9.17) is 5.73 Å². The number of nitrogens with zero attached hydrogens (tertiary/aromatic N) is 4. The van der Waals surface area contributed by atoms with Crippen LogP contribution < -0.4 is 5.73 Å². The molecule has 0 aliphatic rings. The Kier molecular flexibility index (Phi) is 1.82. The van der Waals surface area contributed by atoms with Gasteiger partial charge in [-0.2, -0.15) is 10.1 Å². The average Bonchev–Trinajstić information content (AvgIpc) is 2.72. The molecule has 0 saturated carbocycles. The van der Waals surface area contributed by atoms with Crippen molar-refractivity contribution in [2.24, 2.45) is 12.8 Å². The molecule has 2 heterocycles. The molecule has 1 unspecified atom stereocenters. The molecule has 0 bridgehead atoms. The highest BCUT2D eigenvalue weighted by Gasteiger charge is 2.14. The molecule has 2 rings (SSSR count). The second-order valence-electron chi connectivity index (χ2n) is 2.71. The van der Waals surface area contributed by atoms with E-state index < -0.39 is 0 Å². The average molecular weight is 179 g/mol. The summed E-state index contributed by atoms with van der Waals surface area (Å²) in [7, 11) is 1.83. The number of hydrogen-bond acceptors (Lipinski definition) is 5. The molecule has 0 radical (unpaired) electrons. The quantitative estimate of drug-likeness (QED) is 0.693. The van der Waals surface area contributed by atoms with E-state index in [1.165, 1.54) is 6.39 Å². The molecule has 13 heavy (non-hydrogen) atoms. The van der Waals surface area contributed by atoms with Crippen molar-refractivity contribution in [3.63, 3.8) is 0 Å². The molecule has 1 atom stereocenters. The fourth-order valence-corrected chi connectivity index (χ4v) is 1.07. The Hall–Kier alpha value is -1.69. The summed E-state index contributed by atoms with van der Waals surface area (Å²) in [6, 6.07) is -0.368. The third-order valence-electron chi connectivity index (χ3n) is 1.74. The molecule has 0 aliphatic heterocycles. The lowest BCUT2D eigenvalue weighted by atomic mass is 10.2. The van der Waals surface area contributed by atoms with Crippen LogP contribution in [0.1, 0.15) is 17.4 Å². The summed E-state index contributed by atoms with van der Waals surface area (Å²) < 4.78 is 6.27. The van der Waals surface area contributed by atoms with Gasteiger partial charge in [0.2, 0.25) is 6.39 Å². The summed E-state index contributed by atoms with van der Waals surface area (Å²) >= 11 is 0. The zero-order valence-corrected chi connectivity index (χ0v) is 7.08. The van der Waals surface area contributed by atoms with Crippen molar-refractivity contribution in [3.8, 4) is 0 Å². The number of aromatic nitrogens is 4. The van der Waals surface area contributed by atoms with E-state index in [2.05, 4.69) is 19.8 Å². The fourth-order valence-electron chi connectivity index (χ4n) is 1.07. The lowest BCUT2D eigenvalue weighted by molar-refractivity contribution is 0.407. The van der Waals surface area contributed by atoms with Crippen LogP contribution in [-0.4, -0.2) is 19.9 Å². The maximum absolute atomic E-state index is 5.84. The maximum Gasteiger partial charge on any atom is 0.213 e. The van der Waals surface area contributed by atoms with E-state index in [1.807, 2.05) is 13.2 Å². The molecule has 2 aromatic heterocycles. The van der Waals surface area contributed by atoms with Crippen LogP contribution in [0.4, 0.5) is 0 Å². The van der Waals surface area contributed by atoms with Gasteiger partial charge in [0, 0.05) is 18.8 Å². The summed E-state index contributed by atoms with van der Waals surface area (Å²) in [5.74, 6) is 0.466. The second-order valence-corrected chi connectivity index (χ2v) is 2.71. The highest BCUT2D eigenvalue weighted by Crippen LogP contribution is 2.13. The van der Waals surface area contributed by atoms with Crippen molar-refractivity contribution in [1.82, 2.24) is 19.9 Å². The molecule has 6 heteroatoms. The largest absolute Gasteiger partial charge is 0.343 e. The van der Waals surface area contributed by atoms with E-state index in [-0.39, 0.29) is 6.04 Å². The third kappa shape index (κ3) is 1.43. The van der Waals surface area contributed by atoms with Gasteiger partial charge in [0.25, 0.3) is 0 Å². The van der Waals surface area contributed by atoms with Gasteiger partial charge in [0.15, 0.2) is 5.82 Å². The Balaban J connectivity index is 2.28. The number of rotatable bonds is 2. The fraction of sp³-hybridized carbons (Fsp3) is 0.286. The van der Waals surface area contributed by atoms with Crippen LogP contribution in [0.15, 0.2) is 23.3 Å². The molecule has 0 spiro atoms. The predicted molar refractivity (Wildman–Crippen MR) is 43.5 cm³/mol. The molecule has 2 aromatic rings. The molecule has 0 fully saturated rings. The normalized spacial score (nSPS) is 13.1. The second kappa shape index (κ2) is 2.98. The Morgan fingerprint density at radius 3 is 3.00 bits per heavy atom. The summed E-state index contributed by atoms with van der Waals surface area (Å²) in [4.78, 5) is 3.86. The minimum Gasteiger partial charge on any atom is -0.343 e. The van der Waals surface area contributed by atoms with E-state index in [1.54, 1.807) is 10.9 Å². The van der Waals surface area contributed by atoms with Gasteiger partial charge >= 0.3 is 0 Å². The molecule has 2 N–H and O–H groups in total. The molecule has 0 aromatic carbocycles. The van der Waals surface area contributed by atoms with Gasteiger partial charge < -0.3 is 10.3 Å². The van der Waals surface area contributed by atoms with Crippen molar-refractivity contribution in [3.05, 3.63) is 30.2 Å². The summed E-state index contributed by atoms with van der Waals surface area (Å²) in [6.45, 7) is 0. The zero-order valence-electron chi connectivity index (χ0n) is 7.08. The van der Waals surface area contributed by atoms with Crippen LogP contribution in [0, 0.1) is 0 Å². The van der Waals surface area contributed by atoms with E-state index >= 15 is 0 Å². The van der Waals surface area contributed by atoms with Crippen molar-refractivity contribution >= 4 is 0 Å². The van der Waals surface area contributed by atoms with Gasteiger partial charge in [-0.15, -0.1) is 0 Å². The first-order valence-corrected chi connectivity index (χ1v) is 3.78. The van der Waals surface area contributed by atoms with Crippen molar-refractivity contribution in [2.45, 2.75) is 6.04 Å². The monoisotopic (exact) mass is 179 g/mol. The van der Waals surface area contributed by atoms with Crippen molar-refractivity contribution < 1.29 is 4.52 Å². The molecular weight excluding hydrogens is 170 g/mol. The molecule has 0 saturated heterocycles. The smallest absolute Gasteiger partial charge is 0.213 e. The number of hydrogen-bond donors (Lipinski definition) is 1. The van der Waals surface area contributed by atoms with Crippen molar-refractivity contribution in [2.75, 3.05) is 0 Å². The van der Waals surface area contributed by atoms with E-state index in [9.17, 15) is 0 Å². The van der Waals surface area contributed by atoms with Crippen LogP contribution in [-0.2, 0) is 7.05 Å². The Morgan fingerprint density at radius 2 is 2.46 bits per heavy atom. The third-order valence-corrected chi connectivity index (χ3v) is 1.74. The van der Waals surface area contributed by atoms with Gasteiger partial charge in [0.1, 0.15) is 0 Å². The van der Waals surface area contributed by atoms with Crippen LogP contribution in [0.5, 0.6) is 0 Å². The minimum absolute atomic E-state index is 0.368. The molecule has 0 amide bonds. The van der Waals surface area contributed by atoms with Gasteiger partial charge in [-0.05, 0) is 0 Å². The van der Waals surface area contributed by atoms with Gasteiger partial charge in [-0.1, -0.05) is 5.16 Å². The zero-order chi connectivity index (χ0) is 9.26. The van der Waals surface area contributed by atoms with Gasteiger partial charge in [0.05, 0.1) is 12.2 Å². The van der Waals surface area contributed by atoms with E-state index in [0.717, 1.165) is 5.56 Å². The minimum atomic E-state index is -0.368. The van der Waals surface area contributed by atoms with E-state index in [0.29, 0.717) is 5.82 Å².